The smallest absolute Gasteiger partial charge is 0.115 e. The molecule has 1 aromatic carbocycles. The van der Waals surface area contributed by atoms with Gasteiger partial charge in [-0.3, -0.25) is 0 Å². The second-order valence-corrected chi connectivity index (χ2v) is 6.63. The second kappa shape index (κ2) is 4.26. The van der Waals surface area contributed by atoms with E-state index in [4.69, 9.17) is 0 Å². The molecule has 1 nitrogen and oxygen atoms in total. The third-order valence-electron chi connectivity index (χ3n) is 1.87. The van der Waals surface area contributed by atoms with Crippen LogP contribution in [0.15, 0.2) is 24.3 Å². The largest absolute Gasteiger partial charge is 0.508 e. The van der Waals surface area contributed by atoms with Crippen molar-refractivity contribution in [1.82, 2.24) is 0 Å². The zero-order valence-corrected chi connectivity index (χ0v) is 10.1. The van der Waals surface area contributed by atoms with Crippen LogP contribution in [0, 0.1) is 0 Å². The molecule has 1 aromatic rings. The topological polar surface area (TPSA) is 20.2 Å². The number of phenols is 1. The van der Waals surface area contributed by atoms with Crippen LogP contribution in [0.5, 0.6) is 5.75 Å². The first-order valence-electron chi connectivity index (χ1n) is 4.85. The predicted molar refractivity (Wildman–Crippen MR) is 63.9 cm³/mol. The summed E-state index contributed by atoms with van der Waals surface area (Å²) >= 11 is 1.91. The number of benzene rings is 1. The van der Waals surface area contributed by atoms with Crippen LogP contribution >= 0.6 is 11.8 Å². The van der Waals surface area contributed by atoms with Crippen molar-refractivity contribution in [1.29, 1.82) is 0 Å². The van der Waals surface area contributed by atoms with E-state index in [1.807, 2.05) is 23.9 Å². The van der Waals surface area contributed by atoms with Crippen LogP contribution in [0.1, 0.15) is 38.5 Å². The van der Waals surface area contributed by atoms with Gasteiger partial charge in [0.2, 0.25) is 0 Å². The molecule has 1 unspecified atom stereocenters. The molecule has 0 fully saturated rings. The minimum absolute atomic E-state index is 0.255. The summed E-state index contributed by atoms with van der Waals surface area (Å²) in [4.78, 5) is 0. The van der Waals surface area contributed by atoms with Crippen molar-refractivity contribution in [2.75, 3.05) is 0 Å². The molecule has 0 saturated heterocycles. The van der Waals surface area contributed by atoms with E-state index in [1.54, 1.807) is 6.07 Å². The van der Waals surface area contributed by atoms with Crippen molar-refractivity contribution in [3.05, 3.63) is 29.8 Å². The molecular weight excluding hydrogens is 192 g/mol. The number of hydrogen-bond acceptors (Lipinski definition) is 2. The predicted octanol–water partition coefficient (Wildman–Crippen LogP) is 3.98. The lowest BCUT2D eigenvalue weighted by Crippen LogP contribution is -2.09. The molecule has 0 aliphatic heterocycles. The summed E-state index contributed by atoms with van der Waals surface area (Å²) in [6, 6.07) is 7.49. The Morgan fingerprint density at radius 1 is 1.29 bits per heavy atom. The fourth-order valence-electron chi connectivity index (χ4n) is 1.38. The highest BCUT2D eigenvalue weighted by Crippen LogP contribution is 2.38. The van der Waals surface area contributed by atoms with Crippen LogP contribution < -0.4 is 0 Å². The quantitative estimate of drug-likeness (QED) is 0.796. The molecule has 1 rings (SSSR count). The summed E-state index contributed by atoms with van der Waals surface area (Å²) in [5.74, 6) is 0.351. The Morgan fingerprint density at radius 3 is 2.43 bits per heavy atom. The summed E-state index contributed by atoms with van der Waals surface area (Å²) in [6.07, 6.45) is 0. The molecule has 14 heavy (non-hydrogen) atoms. The molecule has 0 bridgehead atoms. The van der Waals surface area contributed by atoms with Crippen molar-refractivity contribution in [2.45, 2.75) is 37.7 Å². The summed E-state index contributed by atoms with van der Waals surface area (Å²) in [7, 11) is 0. The Morgan fingerprint density at radius 2 is 1.93 bits per heavy atom. The second-order valence-electron chi connectivity index (χ2n) is 4.47. The van der Waals surface area contributed by atoms with Crippen LogP contribution in [-0.4, -0.2) is 9.85 Å². The van der Waals surface area contributed by atoms with Crippen molar-refractivity contribution < 1.29 is 5.11 Å². The van der Waals surface area contributed by atoms with Gasteiger partial charge in [0.1, 0.15) is 5.75 Å². The lowest BCUT2D eigenvalue weighted by Gasteiger charge is -2.23. The molecule has 0 saturated carbocycles. The number of phenolic OH excluding ortho intramolecular Hbond substituents is 1. The van der Waals surface area contributed by atoms with E-state index < -0.39 is 0 Å². The molecule has 0 heterocycles. The first-order valence-corrected chi connectivity index (χ1v) is 5.73. The van der Waals surface area contributed by atoms with E-state index in [0.717, 1.165) is 0 Å². The van der Waals surface area contributed by atoms with Crippen molar-refractivity contribution >= 4 is 11.8 Å². The fourth-order valence-corrected chi connectivity index (χ4v) is 2.72. The zero-order chi connectivity index (χ0) is 10.8. The van der Waals surface area contributed by atoms with Crippen LogP contribution in [0.4, 0.5) is 0 Å². The van der Waals surface area contributed by atoms with Gasteiger partial charge in [-0.15, -0.1) is 11.8 Å². The van der Waals surface area contributed by atoms with Crippen LogP contribution in [0.2, 0.25) is 0 Å². The molecule has 0 aliphatic carbocycles. The highest BCUT2D eigenvalue weighted by Gasteiger charge is 2.16. The van der Waals surface area contributed by atoms with Gasteiger partial charge in [0, 0.05) is 10.00 Å². The molecule has 0 aromatic heterocycles. The maximum Gasteiger partial charge on any atom is 0.115 e. The van der Waals surface area contributed by atoms with Gasteiger partial charge >= 0.3 is 0 Å². The number of thioether (sulfide) groups is 1. The Labute approximate surface area is 90.5 Å². The van der Waals surface area contributed by atoms with E-state index >= 15 is 0 Å². The molecular formula is C12H18OS. The lowest BCUT2D eigenvalue weighted by atomic mass is 10.1. The number of hydrogen-bond donors (Lipinski definition) is 1. The maximum atomic E-state index is 9.35. The van der Waals surface area contributed by atoms with Crippen molar-refractivity contribution in [3.63, 3.8) is 0 Å². The third-order valence-corrected chi connectivity index (χ3v) is 3.20. The van der Waals surface area contributed by atoms with E-state index in [-0.39, 0.29) is 4.75 Å². The Hall–Kier alpha value is -0.630. The number of rotatable bonds is 2. The average molecular weight is 210 g/mol. The average Bonchev–Trinajstić information content (AvgIpc) is 2.01. The van der Waals surface area contributed by atoms with Gasteiger partial charge in [-0.2, -0.15) is 0 Å². The molecule has 2 heteroatoms. The highest BCUT2D eigenvalue weighted by atomic mass is 32.2. The minimum Gasteiger partial charge on any atom is -0.508 e. The van der Waals surface area contributed by atoms with Gasteiger partial charge in [0.15, 0.2) is 0 Å². The SMILES string of the molecule is CC(SC(C)(C)C)c1cccc(O)c1. The maximum absolute atomic E-state index is 9.35. The molecule has 0 radical (unpaired) electrons. The zero-order valence-electron chi connectivity index (χ0n) is 9.24. The minimum atomic E-state index is 0.255. The van der Waals surface area contributed by atoms with Crippen LogP contribution in [-0.2, 0) is 0 Å². The van der Waals surface area contributed by atoms with Crippen molar-refractivity contribution in [3.8, 4) is 5.75 Å². The van der Waals surface area contributed by atoms with Gasteiger partial charge < -0.3 is 5.11 Å². The van der Waals surface area contributed by atoms with Crippen molar-refractivity contribution in [2.24, 2.45) is 0 Å². The molecule has 0 spiro atoms. The summed E-state index contributed by atoms with van der Waals surface area (Å²) in [6.45, 7) is 8.79. The summed E-state index contributed by atoms with van der Waals surface area (Å²) < 4.78 is 0.255. The molecule has 1 N–H and O–H groups in total. The van der Waals surface area contributed by atoms with Gasteiger partial charge in [-0.1, -0.05) is 32.9 Å². The molecule has 1 atom stereocenters. The lowest BCUT2D eigenvalue weighted by molar-refractivity contribution is 0.474. The first-order chi connectivity index (χ1) is 6.38. The van der Waals surface area contributed by atoms with Crippen LogP contribution in [0.25, 0.3) is 0 Å². The monoisotopic (exact) mass is 210 g/mol. The van der Waals surface area contributed by atoms with Gasteiger partial charge in [0.05, 0.1) is 0 Å². The summed E-state index contributed by atoms with van der Waals surface area (Å²) in [5, 5.41) is 9.77. The Balaban J connectivity index is 2.74. The third kappa shape index (κ3) is 3.62. The van der Waals surface area contributed by atoms with Gasteiger partial charge in [0.25, 0.3) is 0 Å². The standard InChI is InChI=1S/C12H18OS/c1-9(14-12(2,3)4)10-6-5-7-11(13)8-10/h5-9,13H,1-4H3. The van der Waals surface area contributed by atoms with Crippen LogP contribution in [0.3, 0.4) is 0 Å². The molecule has 0 aliphatic rings. The van der Waals surface area contributed by atoms with E-state index in [1.165, 1.54) is 5.56 Å². The Bertz CT molecular complexity index is 301. The van der Waals surface area contributed by atoms with E-state index in [0.29, 0.717) is 11.0 Å². The molecule has 0 amide bonds. The van der Waals surface area contributed by atoms with E-state index in [2.05, 4.69) is 33.8 Å². The van der Waals surface area contributed by atoms with Gasteiger partial charge in [-0.05, 0) is 24.6 Å². The number of aromatic hydroxyl groups is 1. The summed E-state index contributed by atoms with van der Waals surface area (Å²) in [5.41, 5.74) is 1.19. The molecule has 78 valence electrons. The Kier molecular flexibility index (Phi) is 3.48. The van der Waals surface area contributed by atoms with E-state index in [9.17, 15) is 5.11 Å². The fraction of sp³-hybridized carbons (Fsp3) is 0.500. The van der Waals surface area contributed by atoms with Gasteiger partial charge in [-0.25, -0.2) is 0 Å². The first kappa shape index (κ1) is 11.4. The highest BCUT2D eigenvalue weighted by molar-refractivity contribution is 8.00. The normalized spacial score (nSPS) is 14.0.